The average Bonchev–Trinajstić information content (AvgIpc) is 2.73. The first kappa shape index (κ1) is 29.0. The van der Waals surface area contributed by atoms with Crippen molar-refractivity contribution in [1.82, 2.24) is 4.90 Å². The zero-order chi connectivity index (χ0) is 23.5. The van der Waals surface area contributed by atoms with Crippen LogP contribution in [-0.4, -0.2) is 36.2 Å². The Balaban J connectivity index is 2.69. The summed E-state index contributed by atoms with van der Waals surface area (Å²) in [6.45, 7) is 16.6. The van der Waals surface area contributed by atoms with Gasteiger partial charge in [-0.1, -0.05) is 72.1 Å². The Morgan fingerprint density at radius 2 is 1.23 bits per heavy atom. The van der Waals surface area contributed by atoms with Crippen LogP contribution < -0.4 is 0 Å². The molecule has 1 rings (SSSR count). The molecule has 1 saturated carbocycles. The minimum Gasteiger partial charge on any atom is -0.379 e. The summed E-state index contributed by atoms with van der Waals surface area (Å²) < 4.78 is 5.76. The van der Waals surface area contributed by atoms with Gasteiger partial charge in [0.25, 0.3) is 0 Å². The molecule has 0 aromatic heterocycles. The van der Waals surface area contributed by atoms with Gasteiger partial charge >= 0.3 is 0 Å². The highest BCUT2D eigenvalue weighted by Gasteiger charge is 2.40. The monoisotopic (exact) mass is 437 g/mol. The normalized spacial score (nSPS) is 21.1. The third-order valence-corrected chi connectivity index (χ3v) is 8.80. The van der Waals surface area contributed by atoms with E-state index in [0.717, 1.165) is 18.4 Å². The molecule has 0 amide bonds. The Morgan fingerprint density at radius 1 is 0.742 bits per heavy atom. The van der Waals surface area contributed by atoms with Gasteiger partial charge in [-0.2, -0.15) is 0 Å². The van der Waals surface area contributed by atoms with Gasteiger partial charge in [0, 0.05) is 18.7 Å². The maximum Gasteiger partial charge on any atom is 0.0640 e. The molecule has 186 valence electrons. The molecule has 0 unspecified atom stereocenters. The summed E-state index contributed by atoms with van der Waals surface area (Å²) in [5.74, 6) is 0.930. The first-order chi connectivity index (χ1) is 14.5. The molecule has 0 spiro atoms. The molecule has 0 radical (unpaired) electrons. The van der Waals surface area contributed by atoms with E-state index in [4.69, 9.17) is 4.74 Å². The second kappa shape index (κ2) is 13.6. The standard InChI is InChI=1S/C29H59NO/c1-10-12-14-16-22-29(7,23-17-15-13-11-2)25-18-20-26(21-19-25)30(8)27(3,4)24-28(5,6)31-9/h25-26H,10-24H2,1-9H3. The van der Waals surface area contributed by atoms with Crippen molar-refractivity contribution in [2.24, 2.45) is 11.3 Å². The number of nitrogens with zero attached hydrogens (tertiary/aromatic N) is 1. The van der Waals surface area contributed by atoms with Gasteiger partial charge < -0.3 is 4.74 Å². The van der Waals surface area contributed by atoms with Crippen molar-refractivity contribution in [2.75, 3.05) is 14.2 Å². The lowest BCUT2D eigenvalue weighted by molar-refractivity contribution is -0.0430. The Hall–Kier alpha value is -0.0800. The molecule has 2 nitrogen and oxygen atoms in total. The molecule has 0 aromatic carbocycles. The molecular formula is C29H59NO. The summed E-state index contributed by atoms with van der Waals surface area (Å²) in [6, 6.07) is 0.725. The van der Waals surface area contributed by atoms with Gasteiger partial charge in [0.05, 0.1) is 5.60 Å². The van der Waals surface area contributed by atoms with E-state index in [1.165, 1.54) is 89.9 Å². The minimum atomic E-state index is -0.0650. The highest BCUT2D eigenvalue weighted by atomic mass is 16.5. The predicted octanol–water partition coefficient (Wildman–Crippen LogP) is 9.02. The Kier molecular flexibility index (Phi) is 12.7. The Bertz CT molecular complexity index is 449. The minimum absolute atomic E-state index is 0.0650. The summed E-state index contributed by atoms with van der Waals surface area (Å²) in [6.07, 6.45) is 20.9. The number of hydrogen-bond acceptors (Lipinski definition) is 2. The number of unbranched alkanes of at least 4 members (excludes halogenated alkanes) is 6. The lowest BCUT2D eigenvalue weighted by atomic mass is 9.64. The second-order valence-corrected chi connectivity index (χ2v) is 12.3. The maximum atomic E-state index is 5.76. The maximum absolute atomic E-state index is 5.76. The van der Waals surface area contributed by atoms with E-state index >= 15 is 0 Å². The van der Waals surface area contributed by atoms with Crippen LogP contribution >= 0.6 is 0 Å². The zero-order valence-electron chi connectivity index (χ0n) is 23.1. The molecule has 0 aliphatic heterocycles. The summed E-state index contributed by atoms with van der Waals surface area (Å²) >= 11 is 0. The smallest absolute Gasteiger partial charge is 0.0640 e. The van der Waals surface area contributed by atoms with Crippen molar-refractivity contribution in [3.05, 3.63) is 0 Å². The van der Waals surface area contributed by atoms with Crippen molar-refractivity contribution >= 4 is 0 Å². The van der Waals surface area contributed by atoms with E-state index in [1.54, 1.807) is 0 Å². The lowest BCUT2D eigenvalue weighted by Gasteiger charge is -2.49. The van der Waals surface area contributed by atoms with E-state index in [0.29, 0.717) is 5.41 Å². The van der Waals surface area contributed by atoms with Crippen LogP contribution in [0, 0.1) is 11.3 Å². The van der Waals surface area contributed by atoms with E-state index in [-0.39, 0.29) is 11.1 Å². The Labute approximate surface area is 197 Å². The van der Waals surface area contributed by atoms with Crippen LogP contribution in [0.4, 0.5) is 0 Å². The first-order valence-corrected chi connectivity index (χ1v) is 13.8. The second-order valence-electron chi connectivity index (χ2n) is 12.3. The SMILES string of the molecule is CCCCCCC(C)(CCCCCC)C1CCC(N(C)C(C)(C)CC(C)(C)OC)CC1. The quantitative estimate of drug-likeness (QED) is 0.223. The average molecular weight is 438 g/mol. The van der Waals surface area contributed by atoms with Crippen molar-refractivity contribution in [2.45, 2.75) is 162 Å². The number of rotatable bonds is 16. The molecule has 0 atom stereocenters. The van der Waals surface area contributed by atoms with Gasteiger partial charge in [-0.25, -0.2) is 0 Å². The summed E-state index contributed by atoms with van der Waals surface area (Å²) in [4.78, 5) is 2.68. The fraction of sp³-hybridized carbons (Fsp3) is 1.00. The van der Waals surface area contributed by atoms with E-state index in [2.05, 4.69) is 60.4 Å². The lowest BCUT2D eigenvalue weighted by Crippen LogP contribution is -2.52. The fourth-order valence-electron chi connectivity index (χ4n) is 6.34. The summed E-state index contributed by atoms with van der Waals surface area (Å²) in [7, 11) is 4.22. The van der Waals surface area contributed by atoms with E-state index < -0.39 is 0 Å². The topological polar surface area (TPSA) is 12.5 Å². The van der Waals surface area contributed by atoms with Gasteiger partial charge in [0.2, 0.25) is 0 Å². The molecule has 0 bridgehead atoms. The van der Waals surface area contributed by atoms with Gasteiger partial charge in [-0.3, -0.25) is 4.90 Å². The summed E-state index contributed by atoms with van der Waals surface area (Å²) in [5.41, 5.74) is 0.670. The fourth-order valence-corrected chi connectivity index (χ4v) is 6.34. The van der Waals surface area contributed by atoms with Crippen LogP contribution in [0.2, 0.25) is 0 Å². The van der Waals surface area contributed by atoms with E-state index in [9.17, 15) is 0 Å². The molecule has 1 fully saturated rings. The molecule has 0 heterocycles. The van der Waals surface area contributed by atoms with Crippen molar-refractivity contribution in [1.29, 1.82) is 0 Å². The van der Waals surface area contributed by atoms with E-state index in [1.807, 2.05) is 7.11 Å². The van der Waals surface area contributed by atoms with Crippen molar-refractivity contribution in [3.8, 4) is 0 Å². The molecule has 0 N–H and O–H groups in total. The van der Waals surface area contributed by atoms with Gasteiger partial charge in [-0.05, 0) is 91.0 Å². The third kappa shape index (κ3) is 9.75. The summed E-state index contributed by atoms with van der Waals surface area (Å²) in [5, 5.41) is 0. The van der Waals surface area contributed by atoms with Crippen molar-refractivity contribution in [3.63, 3.8) is 0 Å². The third-order valence-electron chi connectivity index (χ3n) is 8.80. The van der Waals surface area contributed by atoms with Crippen LogP contribution in [-0.2, 0) is 4.74 Å². The van der Waals surface area contributed by atoms with Gasteiger partial charge in [-0.15, -0.1) is 0 Å². The van der Waals surface area contributed by atoms with Crippen molar-refractivity contribution < 1.29 is 4.74 Å². The molecule has 2 heteroatoms. The van der Waals surface area contributed by atoms with Gasteiger partial charge in [0.1, 0.15) is 0 Å². The van der Waals surface area contributed by atoms with Crippen LogP contribution in [0.3, 0.4) is 0 Å². The first-order valence-electron chi connectivity index (χ1n) is 13.8. The van der Waals surface area contributed by atoms with Crippen LogP contribution in [0.5, 0.6) is 0 Å². The molecule has 1 aliphatic carbocycles. The predicted molar refractivity (Wildman–Crippen MR) is 139 cm³/mol. The van der Waals surface area contributed by atoms with Crippen LogP contribution in [0.25, 0.3) is 0 Å². The zero-order valence-corrected chi connectivity index (χ0v) is 23.1. The Morgan fingerprint density at radius 3 is 1.65 bits per heavy atom. The highest BCUT2D eigenvalue weighted by molar-refractivity contribution is 4.94. The number of methoxy groups -OCH3 is 1. The van der Waals surface area contributed by atoms with Crippen LogP contribution in [0.15, 0.2) is 0 Å². The molecule has 1 aliphatic rings. The molecule has 0 aromatic rings. The molecule has 0 saturated heterocycles. The van der Waals surface area contributed by atoms with Crippen LogP contribution in [0.1, 0.15) is 145 Å². The number of hydrogen-bond donors (Lipinski definition) is 0. The highest BCUT2D eigenvalue weighted by Crippen LogP contribution is 2.47. The molecule has 31 heavy (non-hydrogen) atoms. The molecular weight excluding hydrogens is 378 g/mol. The van der Waals surface area contributed by atoms with Gasteiger partial charge in [0.15, 0.2) is 0 Å². The largest absolute Gasteiger partial charge is 0.379 e. The number of ether oxygens (including phenoxy) is 1.